The zero-order chi connectivity index (χ0) is 23.7. The molecule has 1 aliphatic rings. The second-order valence-corrected chi connectivity index (χ2v) is 7.00. The van der Waals surface area contributed by atoms with Crippen LogP contribution in [0, 0.1) is 10.1 Å². The SMILES string of the molecule is COC(=O)c1ccc(NC(=O)c2ccc3c(c2)C(=O)N(c2ccc([N+](=O)[O-])cc2)C3=O)cc1. The van der Waals surface area contributed by atoms with Crippen LogP contribution in [0.1, 0.15) is 41.4 Å². The highest BCUT2D eigenvalue weighted by Crippen LogP contribution is 2.30. The number of imide groups is 1. The first kappa shape index (κ1) is 21.4. The molecule has 0 saturated heterocycles. The molecule has 10 heteroatoms. The van der Waals surface area contributed by atoms with E-state index in [0.717, 1.165) is 4.90 Å². The van der Waals surface area contributed by atoms with Gasteiger partial charge in [-0.05, 0) is 54.6 Å². The van der Waals surface area contributed by atoms with E-state index in [4.69, 9.17) is 0 Å². The molecule has 0 aromatic heterocycles. The van der Waals surface area contributed by atoms with E-state index in [0.29, 0.717) is 11.3 Å². The predicted octanol–water partition coefficient (Wildman–Crippen LogP) is 3.43. The second-order valence-electron chi connectivity index (χ2n) is 7.00. The molecule has 4 rings (SSSR count). The third-order valence-corrected chi connectivity index (χ3v) is 5.03. The number of nitro groups is 1. The van der Waals surface area contributed by atoms with Crippen molar-refractivity contribution in [2.45, 2.75) is 0 Å². The third kappa shape index (κ3) is 3.92. The fraction of sp³-hybridized carbons (Fsp3) is 0.0435. The van der Waals surface area contributed by atoms with Crippen LogP contribution in [0.4, 0.5) is 17.1 Å². The van der Waals surface area contributed by atoms with Gasteiger partial charge in [0.25, 0.3) is 23.4 Å². The summed E-state index contributed by atoms with van der Waals surface area (Å²) < 4.78 is 4.63. The summed E-state index contributed by atoms with van der Waals surface area (Å²) in [6.07, 6.45) is 0. The number of amides is 3. The maximum atomic E-state index is 12.9. The zero-order valence-corrected chi connectivity index (χ0v) is 17.1. The van der Waals surface area contributed by atoms with E-state index in [1.807, 2.05) is 0 Å². The van der Waals surface area contributed by atoms with Crippen molar-refractivity contribution >= 4 is 40.8 Å². The molecule has 0 unspecified atom stereocenters. The average Bonchev–Trinajstić information content (AvgIpc) is 3.08. The molecule has 0 bridgehead atoms. The first-order valence-electron chi connectivity index (χ1n) is 9.57. The highest BCUT2D eigenvalue weighted by atomic mass is 16.6. The molecule has 1 heterocycles. The molecule has 164 valence electrons. The molecular weight excluding hydrogens is 430 g/mol. The average molecular weight is 445 g/mol. The zero-order valence-electron chi connectivity index (χ0n) is 17.1. The van der Waals surface area contributed by atoms with Crippen molar-refractivity contribution in [2.75, 3.05) is 17.3 Å². The number of ether oxygens (including phenoxy) is 1. The van der Waals surface area contributed by atoms with E-state index >= 15 is 0 Å². The lowest BCUT2D eigenvalue weighted by Crippen LogP contribution is -2.29. The lowest BCUT2D eigenvalue weighted by atomic mass is 10.1. The number of hydrogen-bond acceptors (Lipinski definition) is 7. The Labute approximate surface area is 186 Å². The van der Waals surface area contributed by atoms with Gasteiger partial charge in [-0.25, -0.2) is 9.69 Å². The van der Waals surface area contributed by atoms with Crippen molar-refractivity contribution in [1.29, 1.82) is 0 Å². The summed E-state index contributed by atoms with van der Waals surface area (Å²) in [5, 5.41) is 13.5. The Morgan fingerprint density at radius 1 is 0.879 bits per heavy atom. The van der Waals surface area contributed by atoms with Gasteiger partial charge in [-0.15, -0.1) is 0 Å². The van der Waals surface area contributed by atoms with Crippen molar-refractivity contribution in [2.24, 2.45) is 0 Å². The van der Waals surface area contributed by atoms with Gasteiger partial charge < -0.3 is 10.1 Å². The molecule has 1 N–H and O–H groups in total. The lowest BCUT2D eigenvalue weighted by Gasteiger charge is -2.13. The number of nitrogens with one attached hydrogen (secondary N) is 1. The summed E-state index contributed by atoms with van der Waals surface area (Å²) in [7, 11) is 1.26. The van der Waals surface area contributed by atoms with E-state index < -0.39 is 28.6 Å². The highest BCUT2D eigenvalue weighted by Gasteiger charge is 2.37. The van der Waals surface area contributed by atoms with Gasteiger partial charge in [0.1, 0.15) is 0 Å². The largest absolute Gasteiger partial charge is 0.465 e. The van der Waals surface area contributed by atoms with Gasteiger partial charge in [-0.2, -0.15) is 0 Å². The number of nitro benzene ring substituents is 1. The number of carbonyl (C=O) groups is 4. The van der Waals surface area contributed by atoms with Gasteiger partial charge in [0, 0.05) is 23.4 Å². The molecule has 0 spiro atoms. The molecule has 0 saturated carbocycles. The molecule has 0 fully saturated rings. The van der Waals surface area contributed by atoms with Crippen LogP contribution in [0.2, 0.25) is 0 Å². The maximum absolute atomic E-state index is 12.9. The summed E-state index contributed by atoms with van der Waals surface area (Å²) in [6.45, 7) is 0. The number of nitrogens with zero attached hydrogens (tertiary/aromatic N) is 2. The number of benzene rings is 3. The van der Waals surface area contributed by atoms with Crippen LogP contribution in [0.15, 0.2) is 66.7 Å². The Morgan fingerprint density at radius 3 is 2.09 bits per heavy atom. The lowest BCUT2D eigenvalue weighted by molar-refractivity contribution is -0.384. The topological polar surface area (TPSA) is 136 Å². The number of esters is 1. The summed E-state index contributed by atoms with van der Waals surface area (Å²) in [5.41, 5.74) is 1.07. The first-order chi connectivity index (χ1) is 15.8. The monoisotopic (exact) mass is 445 g/mol. The Bertz CT molecular complexity index is 1310. The Hall–Kier alpha value is -4.86. The molecule has 0 atom stereocenters. The number of anilines is 2. The number of non-ortho nitro benzene ring substituents is 1. The van der Waals surface area contributed by atoms with Crippen molar-refractivity contribution in [3.63, 3.8) is 0 Å². The van der Waals surface area contributed by atoms with Gasteiger partial charge >= 0.3 is 5.97 Å². The van der Waals surface area contributed by atoms with Crippen molar-refractivity contribution in [1.82, 2.24) is 0 Å². The minimum atomic E-state index is -0.638. The Kier molecular flexibility index (Phi) is 5.41. The summed E-state index contributed by atoms with van der Waals surface area (Å²) in [6, 6.07) is 15.2. The molecule has 3 amide bonds. The molecule has 0 aliphatic carbocycles. The van der Waals surface area contributed by atoms with E-state index in [-0.39, 0.29) is 28.1 Å². The van der Waals surface area contributed by atoms with Crippen LogP contribution in [0.3, 0.4) is 0 Å². The minimum absolute atomic E-state index is 0.0482. The van der Waals surface area contributed by atoms with Gasteiger partial charge in [0.15, 0.2) is 0 Å². The molecule has 33 heavy (non-hydrogen) atoms. The number of hydrogen-bond donors (Lipinski definition) is 1. The predicted molar refractivity (Wildman–Crippen MR) is 116 cm³/mol. The van der Waals surface area contributed by atoms with Crippen LogP contribution in [-0.2, 0) is 4.74 Å². The Balaban J connectivity index is 1.55. The van der Waals surface area contributed by atoms with Crippen molar-refractivity contribution in [3.05, 3.63) is 99.1 Å². The van der Waals surface area contributed by atoms with Crippen molar-refractivity contribution < 1.29 is 28.8 Å². The van der Waals surface area contributed by atoms with Crippen LogP contribution in [0.5, 0.6) is 0 Å². The van der Waals surface area contributed by atoms with Crippen LogP contribution in [0.25, 0.3) is 0 Å². The van der Waals surface area contributed by atoms with Crippen LogP contribution in [-0.4, -0.2) is 35.7 Å². The number of carbonyl (C=O) groups excluding carboxylic acids is 4. The van der Waals surface area contributed by atoms with Crippen LogP contribution >= 0.6 is 0 Å². The summed E-state index contributed by atoms with van der Waals surface area (Å²) in [5.74, 6) is -2.25. The quantitative estimate of drug-likeness (QED) is 0.275. The highest BCUT2D eigenvalue weighted by molar-refractivity contribution is 6.34. The third-order valence-electron chi connectivity index (χ3n) is 5.03. The smallest absolute Gasteiger partial charge is 0.337 e. The van der Waals surface area contributed by atoms with Crippen molar-refractivity contribution in [3.8, 4) is 0 Å². The molecule has 3 aromatic rings. The number of rotatable bonds is 5. The fourth-order valence-electron chi connectivity index (χ4n) is 3.35. The van der Waals surface area contributed by atoms with E-state index in [9.17, 15) is 29.3 Å². The summed E-state index contributed by atoms with van der Waals surface area (Å²) in [4.78, 5) is 60.9. The van der Waals surface area contributed by atoms with Gasteiger partial charge in [-0.3, -0.25) is 24.5 Å². The van der Waals surface area contributed by atoms with Gasteiger partial charge in [0.2, 0.25) is 0 Å². The number of methoxy groups -OCH3 is 1. The minimum Gasteiger partial charge on any atom is -0.465 e. The maximum Gasteiger partial charge on any atom is 0.337 e. The Morgan fingerprint density at radius 2 is 1.48 bits per heavy atom. The standard InChI is InChI=1S/C23H15N3O7/c1-33-23(30)13-2-5-15(6-3-13)24-20(27)14-4-11-18-19(12-14)22(29)25(21(18)28)16-7-9-17(10-8-16)26(31)32/h2-12H,1H3,(H,24,27). The second kappa shape index (κ2) is 8.35. The summed E-state index contributed by atoms with van der Waals surface area (Å²) >= 11 is 0. The molecule has 0 radical (unpaired) electrons. The normalized spacial score (nSPS) is 12.3. The fourth-order valence-corrected chi connectivity index (χ4v) is 3.35. The van der Waals surface area contributed by atoms with E-state index in [1.54, 1.807) is 0 Å². The molecule has 3 aromatic carbocycles. The number of fused-ring (bicyclic) bond motifs is 1. The molecule has 10 nitrogen and oxygen atoms in total. The van der Waals surface area contributed by atoms with Crippen LogP contribution < -0.4 is 10.2 Å². The first-order valence-corrected chi connectivity index (χ1v) is 9.57. The molecule has 1 aliphatic heterocycles. The van der Waals surface area contributed by atoms with E-state index in [2.05, 4.69) is 10.1 Å². The van der Waals surface area contributed by atoms with Gasteiger partial charge in [0.05, 0.1) is 34.4 Å². The van der Waals surface area contributed by atoms with Gasteiger partial charge in [-0.1, -0.05) is 0 Å². The molecular formula is C23H15N3O7. The van der Waals surface area contributed by atoms with E-state index in [1.165, 1.54) is 73.8 Å².